The minimum absolute atomic E-state index is 0.210. The van der Waals surface area contributed by atoms with Crippen molar-refractivity contribution >= 4 is 11.9 Å². The maximum absolute atomic E-state index is 13.0. The molecule has 2 aromatic rings. The number of morpholine rings is 1. The summed E-state index contributed by atoms with van der Waals surface area (Å²) >= 11 is 0. The second kappa shape index (κ2) is 11.4. The molecule has 1 aromatic carbocycles. The van der Waals surface area contributed by atoms with Crippen LogP contribution in [0.2, 0.25) is 0 Å². The van der Waals surface area contributed by atoms with Crippen LogP contribution in [0.3, 0.4) is 0 Å². The van der Waals surface area contributed by atoms with Gasteiger partial charge in [0.25, 0.3) is 0 Å². The molecule has 0 bridgehead atoms. The van der Waals surface area contributed by atoms with Gasteiger partial charge in [-0.1, -0.05) is 29.4 Å². The zero-order valence-corrected chi connectivity index (χ0v) is 21.7. The Hall–Kier alpha value is -2.92. The second-order valence-corrected chi connectivity index (χ2v) is 10.3. The maximum Gasteiger partial charge on any atom is 0.490 e. The standard InChI is InChI=1S/C25H33N3O3.C2HF3O2/c1-18-22(19(2)31-26-18)17-27-9-7-25(8-10-27)16-20(21-5-3-4-6-23(21)25)15-24(29)28-11-13-30-14-12-28;3-2(4,5)1(6)7/h3-6,20H,7-17H2,1-2H3;(H,6,7). The SMILES string of the molecule is Cc1noc(C)c1CN1CCC2(CC1)CC(CC(=O)N1CCOCC1)c1ccccc12.O=C(O)C(F)(F)F. The molecular formula is C27H34F3N3O5. The quantitative estimate of drug-likeness (QED) is 0.625. The third-order valence-electron chi connectivity index (χ3n) is 8.01. The van der Waals surface area contributed by atoms with Gasteiger partial charge in [-0.2, -0.15) is 13.2 Å². The van der Waals surface area contributed by atoms with Crippen molar-refractivity contribution in [1.29, 1.82) is 0 Å². The summed E-state index contributed by atoms with van der Waals surface area (Å²) in [6.45, 7) is 9.88. The van der Waals surface area contributed by atoms with E-state index in [0.29, 0.717) is 25.6 Å². The predicted octanol–water partition coefficient (Wildman–Crippen LogP) is 4.19. The smallest absolute Gasteiger partial charge is 0.475 e. The van der Waals surface area contributed by atoms with E-state index in [2.05, 4.69) is 34.3 Å². The van der Waals surface area contributed by atoms with Gasteiger partial charge < -0.3 is 19.3 Å². The van der Waals surface area contributed by atoms with Crippen LogP contribution in [0.1, 0.15) is 59.7 Å². The van der Waals surface area contributed by atoms with Gasteiger partial charge in [-0.25, -0.2) is 4.79 Å². The van der Waals surface area contributed by atoms with Gasteiger partial charge in [0.1, 0.15) is 5.76 Å². The molecule has 0 saturated carbocycles. The van der Waals surface area contributed by atoms with E-state index in [1.54, 1.807) is 0 Å². The lowest BCUT2D eigenvalue weighted by atomic mass is 9.73. The zero-order chi connectivity index (χ0) is 27.5. The number of likely N-dealkylation sites (tertiary alicyclic amines) is 1. The Bertz CT molecular complexity index is 1120. The Morgan fingerprint density at radius 2 is 1.74 bits per heavy atom. The van der Waals surface area contributed by atoms with Gasteiger partial charge in [-0.05, 0) is 68.7 Å². The summed E-state index contributed by atoms with van der Waals surface area (Å²) in [7, 11) is 0. The number of aliphatic carboxylic acids is 1. The lowest BCUT2D eigenvalue weighted by molar-refractivity contribution is -0.192. The molecule has 2 aliphatic heterocycles. The van der Waals surface area contributed by atoms with E-state index in [4.69, 9.17) is 19.2 Å². The Labute approximate surface area is 219 Å². The van der Waals surface area contributed by atoms with Gasteiger partial charge in [0.15, 0.2) is 0 Å². The van der Waals surface area contributed by atoms with Gasteiger partial charge in [-0.3, -0.25) is 9.69 Å². The summed E-state index contributed by atoms with van der Waals surface area (Å²) in [6.07, 6.45) is -1.06. The van der Waals surface area contributed by atoms with Crippen LogP contribution < -0.4 is 0 Å². The Kier molecular flexibility index (Phi) is 8.46. The van der Waals surface area contributed by atoms with Crippen molar-refractivity contribution in [3.05, 3.63) is 52.4 Å². The van der Waals surface area contributed by atoms with E-state index in [1.165, 1.54) is 16.7 Å². The normalized spacial score (nSPS) is 21.1. The van der Waals surface area contributed by atoms with E-state index in [-0.39, 0.29) is 11.3 Å². The first-order valence-corrected chi connectivity index (χ1v) is 12.9. The molecule has 3 heterocycles. The summed E-state index contributed by atoms with van der Waals surface area (Å²) in [5.41, 5.74) is 5.35. The van der Waals surface area contributed by atoms with Crippen LogP contribution >= 0.6 is 0 Å². The van der Waals surface area contributed by atoms with Crippen molar-refractivity contribution in [3.63, 3.8) is 0 Å². The van der Waals surface area contributed by atoms with E-state index >= 15 is 0 Å². The number of piperidine rings is 1. The highest BCUT2D eigenvalue weighted by atomic mass is 19.4. The molecule has 1 aliphatic carbocycles. The number of alkyl halides is 3. The number of carboxylic acid groups (broad SMARTS) is 1. The van der Waals surface area contributed by atoms with Crippen molar-refractivity contribution in [3.8, 4) is 0 Å². The number of fused-ring (bicyclic) bond motifs is 2. The average Bonchev–Trinajstić information content (AvgIpc) is 3.37. The van der Waals surface area contributed by atoms with Gasteiger partial charge in [0, 0.05) is 31.6 Å². The number of hydrogen-bond acceptors (Lipinski definition) is 6. The number of carbonyl (C=O) groups excluding carboxylic acids is 1. The van der Waals surface area contributed by atoms with Gasteiger partial charge in [0.2, 0.25) is 5.91 Å². The van der Waals surface area contributed by atoms with Crippen molar-refractivity contribution in [2.75, 3.05) is 39.4 Å². The Morgan fingerprint density at radius 3 is 2.32 bits per heavy atom. The molecular weight excluding hydrogens is 503 g/mol. The fraction of sp³-hybridized carbons (Fsp3) is 0.593. The number of ether oxygens (including phenoxy) is 1. The van der Waals surface area contributed by atoms with E-state index in [9.17, 15) is 18.0 Å². The number of carbonyl (C=O) groups is 2. The number of nitrogens with zero attached hydrogens (tertiary/aromatic N) is 3. The van der Waals surface area contributed by atoms with E-state index in [1.807, 2.05) is 18.7 Å². The van der Waals surface area contributed by atoms with Crippen LogP contribution in [0.4, 0.5) is 13.2 Å². The number of aryl methyl sites for hydroxylation is 2. The summed E-state index contributed by atoms with van der Waals surface area (Å²) in [6, 6.07) is 8.88. The molecule has 38 heavy (non-hydrogen) atoms. The van der Waals surface area contributed by atoms with Gasteiger partial charge >= 0.3 is 12.1 Å². The van der Waals surface area contributed by atoms with Crippen LogP contribution in [0, 0.1) is 13.8 Å². The van der Waals surface area contributed by atoms with Crippen LogP contribution in [-0.4, -0.2) is 77.5 Å². The fourth-order valence-electron chi connectivity index (χ4n) is 5.93. The second-order valence-electron chi connectivity index (χ2n) is 10.3. The number of aromatic nitrogens is 1. The molecule has 1 atom stereocenters. The highest BCUT2D eigenvalue weighted by Gasteiger charge is 2.46. The van der Waals surface area contributed by atoms with Crippen molar-refractivity contribution in [2.45, 2.75) is 63.6 Å². The van der Waals surface area contributed by atoms with Crippen LogP contribution in [0.25, 0.3) is 0 Å². The van der Waals surface area contributed by atoms with Crippen molar-refractivity contribution < 1.29 is 37.1 Å². The van der Waals surface area contributed by atoms with Gasteiger partial charge in [-0.15, -0.1) is 0 Å². The number of halogens is 3. The van der Waals surface area contributed by atoms with Gasteiger partial charge in [0.05, 0.1) is 18.9 Å². The number of amides is 1. The molecule has 1 spiro atoms. The molecule has 208 valence electrons. The summed E-state index contributed by atoms with van der Waals surface area (Å²) in [5.74, 6) is -1.20. The molecule has 1 N–H and O–H groups in total. The Balaban J connectivity index is 0.000000426. The summed E-state index contributed by atoms with van der Waals surface area (Å²) in [5, 5.41) is 11.2. The molecule has 8 nitrogen and oxygen atoms in total. The Morgan fingerprint density at radius 1 is 1.11 bits per heavy atom. The van der Waals surface area contributed by atoms with E-state index in [0.717, 1.165) is 63.4 Å². The molecule has 2 saturated heterocycles. The first-order valence-electron chi connectivity index (χ1n) is 12.9. The first-order chi connectivity index (χ1) is 18.0. The highest BCUT2D eigenvalue weighted by Crippen LogP contribution is 2.53. The number of carboxylic acids is 1. The minimum Gasteiger partial charge on any atom is -0.475 e. The molecule has 0 radical (unpaired) electrons. The number of benzene rings is 1. The molecule has 5 rings (SSSR count). The van der Waals surface area contributed by atoms with E-state index < -0.39 is 12.1 Å². The largest absolute Gasteiger partial charge is 0.490 e. The molecule has 1 aromatic heterocycles. The third-order valence-corrected chi connectivity index (χ3v) is 8.01. The first kappa shape index (κ1) is 28.1. The molecule has 2 fully saturated rings. The predicted molar refractivity (Wildman–Crippen MR) is 132 cm³/mol. The highest BCUT2D eigenvalue weighted by molar-refractivity contribution is 5.77. The summed E-state index contributed by atoms with van der Waals surface area (Å²) < 4.78 is 42.5. The van der Waals surface area contributed by atoms with Crippen LogP contribution in [-0.2, 0) is 26.3 Å². The molecule has 3 aliphatic rings. The average molecular weight is 538 g/mol. The molecule has 1 unspecified atom stereocenters. The third kappa shape index (κ3) is 6.20. The molecule has 11 heteroatoms. The maximum atomic E-state index is 13.0. The lowest BCUT2D eigenvalue weighted by Crippen LogP contribution is -2.42. The van der Waals surface area contributed by atoms with Crippen molar-refractivity contribution in [1.82, 2.24) is 15.0 Å². The minimum atomic E-state index is -5.08. The molecule has 1 amide bonds. The lowest BCUT2D eigenvalue weighted by Gasteiger charge is -2.40. The summed E-state index contributed by atoms with van der Waals surface area (Å²) in [4.78, 5) is 26.4. The number of hydrogen-bond donors (Lipinski definition) is 1. The fourth-order valence-corrected chi connectivity index (χ4v) is 5.93. The zero-order valence-electron chi connectivity index (χ0n) is 21.7. The van der Waals surface area contributed by atoms with Crippen LogP contribution in [0.15, 0.2) is 28.8 Å². The monoisotopic (exact) mass is 537 g/mol. The topological polar surface area (TPSA) is 96.1 Å². The van der Waals surface area contributed by atoms with Crippen LogP contribution in [0.5, 0.6) is 0 Å². The number of rotatable bonds is 4. The van der Waals surface area contributed by atoms with Crippen molar-refractivity contribution in [2.24, 2.45) is 0 Å².